The highest BCUT2D eigenvalue weighted by Crippen LogP contribution is 2.43. The van der Waals surface area contributed by atoms with E-state index in [2.05, 4.69) is 15.6 Å². The monoisotopic (exact) mass is 512 g/mol. The van der Waals surface area contributed by atoms with Crippen molar-refractivity contribution in [3.05, 3.63) is 72.7 Å². The number of hydrogen-bond acceptors (Lipinski definition) is 8. The summed E-state index contributed by atoms with van der Waals surface area (Å²) in [7, 11) is 3.52. The van der Waals surface area contributed by atoms with Gasteiger partial charge in [0, 0.05) is 42.4 Å². The van der Waals surface area contributed by atoms with E-state index in [1.54, 1.807) is 43.4 Å². The molecule has 7 nitrogen and oxygen atoms in total. The molecule has 6 rings (SSSR count). The summed E-state index contributed by atoms with van der Waals surface area (Å²) < 4.78 is 21.5. The fourth-order valence-corrected chi connectivity index (χ4v) is 5.39. The number of anilines is 2. The Balaban J connectivity index is 1.54. The summed E-state index contributed by atoms with van der Waals surface area (Å²) in [6.45, 7) is 0. The number of thiazole rings is 1. The molecule has 0 unspecified atom stereocenters. The minimum absolute atomic E-state index is 0.0258. The Labute approximate surface area is 214 Å². The molecule has 0 atom stereocenters. The molecule has 0 radical (unpaired) electrons. The third-order valence-corrected chi connectivity index (χ3v) is 7.23. The number of phenolic OH excluding ortho intramolecular Hbond substituents is 2. The molecular formula is C28H21FN4O3S. The second-order valence-electron chi connectivity index (χ2n) is 8.49. The average Bonchev–Trinajstić information content (AvgIpc) is 3.52. The van der Waals surface area contributed by atoms with E-state index >= 15 is 0 Å². The predicted molar refractivity (Wildman–Crippen MR) is 146 cm³/mol. The minimum Gasteiger partial charge on any atom is -0.508 e. The molecule has 0 spiro atoms. The van der Waals surface area contributed by atoms with Crippen molar-refractivity contribution in [1.29, 1.82) is 0 Å². The molecule has 3 aromatic carbocycles. The zero-order chi connectivity index (χ0) is 25.7. The second kappa shape index (κ2) is 8.79. The molecule has 6 aromatic rings. The van der Waals surface area contributed by atoms with Crippen LogP contribution in [0, 0.1) is 5.95 Å². The van der Waals surface area contributed by atoms with E-state index in [-0.39, 0.29) is 22.8 Å². The Kier molecular flexibility index (Phi) is 5.42. The SMILES string of the molecule is CNc1ccc(-c2nc3c(-c4cc(O)cc5oc(-c6ccc(NC)nc6F)cc45)cc(O)cc3s2)cc1. The van der Waals surface area contributed by atoms with Crippen LogP contribution in [0.4, 0.5) is 15.9 Å². The Hall–Kier alpha value is -4.63. The molecular weight excluding hydrogens is 491 g/mol. The molecule has 0 saturated carbocycles. The van der Waals surface area contributed by atoms with Crippen molar-refractivity contribution in [2.45, 2.75) is 0 Å². The van der Waals surface area contributed by atoms with Crippen LogP contribution in [0.2, 0.25) is 0 Å². The normalized spacial score (nSPS) is 11.3. The van der Waals surface area contributed by atoms with Crippen molar-refractivity contribution >= 4 is 44.0 Å². The minimum atomic E-state index is -0.676. The van der Waals surface area contributed by atoms with Gasteiger partial charge in [-0.3, -0.25) is 0 Å². The Morgan fingerprint density at radius 3 is 2.30 bits per heavy atom. The zero-order valence-corrected chi connectivity index (χ0v) is 20.7. The lowest BCUT2D eigenvalue weighted by atomic mass is 9.99. The number of rotatable bonds is 5. The highest BCUT2D eigenvalue weighted by molar-refractivity contribution is 7.21. The molecule has 37 heavy (non-hydrogen) atoms. The number of nitrogens with one attached hydrogen (secondary N) is 2. The van der Waals surface area contributed by atoms with Gasteiger partial charge in [0.25, 0.3) is 0 Å². The summed E-state index contributed by atoms with van der Waals surface area (Å²) in [6.07, 6.45) is 0. The number of fused-ring (bicyclic) bond motifs is 2. The number of nitrogens with zero attached hydrogens (tertiary/aromatic N) is 2. The molecule has 4 N–H and O–H groups in total. The first-order valence-corrected chi connectivity index (χ1v) is 12.3. The number of pyridine rings is 1. The van der Waals surface area contributed by atoms with E-state index in [1.807, 2.05) is 31.3 Å². The van der Waals surface area contributed by atoms with E-state index in [1.165, 1.54) is 17.4 Å². The third-order valence-electron chi connectivity index (χ3n) is 6.18. The number of halogens is 1. The Bertz CT molecular complexity index is 1790. The van der Waals surface area contributed by atoms with Gasteiger partial charge in [0.1, 0.15) is 33.7 Å². The summed E-state index contributed by atoms with van der Waals surface area (Å²) >= 11 is 1.46. The molecule has 0 fully saturated rings. The fourth-order valence-electron chi connectivity index (χ4n) is 4.36. The molecule has 0 saturated heterocycles. The molecule has 0 aliphatic heterocycles. The summed E-state index contributed by atoms with van der Waals surface area (Å²) in [5.41, 5.74) is 4.42. The van der Waals surface area contributed by atoms with Gasteiger partial charge in [0.15, 0.2) is 0 Å². The first kappa shape index (κ1) is 22.8. The van der Waals surface area contributed by atoms with Crippen molar-refractivity contribution in [3.63, 3.8) is 0 Å². The first-order chi connectivity index (χ1) is 17.9. The molecule has 0 bridgehead atoms. The van der Waals surface area contributed by atoms with Gasteiger partial charge >= 0.3 is 0 Å². The highest BCUT2D eigenvalue weighted by atomic mass is 32.1. The second-order valence-corrected chi connectivity index (χ2v) is 9.52. The van der Waals surface area contributed by atoms with E-state index in [0.29, 0.717) is 33.4 Å². The maximum atomic E-state index is 14.7. The van der Waals surface area contributed by atoms with Crippen LogP contribution in [-0.4, -0.2) is 34.3 Å². The van der Waals surface area contributed by atoms with E-state index in [4.69, 9.17) is 9.40 Å². The van der Waals surface area contributed by atoms with Gasteiger partial charge in [-0.2, -0.15) is 4.39 Å². The van der Waals surface area contributed by atoms with Crippen molar-refractivity contribution in [2.24, 2.45) is 0 Å². The van der Waals surface area contributed by atoms with Gasteiger partial charge in [0.05, 0.1) is 15.8 Å². The number of aromatic nitrogens is 2. The summed E-state index contributed by atoms with van der Waals surface area (Å²) in [5, 5.41) is 28.4. The maximum Gasteiger partial charge on any atom is 0.225 e. The Morgan fingerprint density at radius 1 is 0.811 bits per heavy atom. The van der Waals surface area contributed by atoms with Crippen LogP contribution in [0.5, 0.6) is 11.5 Å². The lowest BCUT2D eigenvalue weighted by molar-refractivity contribution is 0.474. The summed E-state index contributed by atoms with van der Waals surface area (Å²) in [5.74, 6) is 0.0422. The Morgan fingerprint density at radius 2 is 1.57 bits per heavy atom. The van der Waals surface area contributed by atoms with Gasteiger partial charge in [0.2, 0.25) is 5.95 Å². The number of phenols is 2. The molecule has 184 valence electrons. The van der Waals surface area contributed by atoms with Gasteiger partial charge < -0.3 is 25.3 Å². The molecule has 3 heterocycles. The van der Waals surface area contributed by atoms with Crippen LogP contribution in [0.3, 0.4) is 0 Å². The van der Waals surface area contributed by atoms with Crippen LogP contribution < -0.4 is 10.6 Å². The van der Waals surface area contributed by atoms with Crippen LogP contribution in [-0.2, 0) is 0 Å². The summed E-state index contributed by atoms with van der Waals surface area (Å²) in [4.78, 5) is 8.79. The molecule has 0 aliphatic rings. The average molecular weight is 513 g/mol. The first-order valence-electron chi connectivity index (χ1n) is 11.5. The molecule has 0 amide bonds. The summed E-state index contributed by atoms with van der Waals surface area (Å²) in [6, 6.07) is 19.2. The van der Waals surface area contributed by atoms with Crippen LogP contribution in [0.15, 0.2) is 71.1 Å². The van der Waals surface area contributed by atoms with Crippen LogP contribution in [0.1, 0.15) is 0 Å². The molecule has 3 aromatic heterocycles. The number of benzene rings is 3. The van der Waals surface area contributed by atoms with E-state index in [9.17, 15) is 14.6 Å². The van der Waals surface area contributed by atoms with Crippen LogP contribution >= 0.6 is 11.3 Å². The van der Waals surface area contributed by atoms with E-state index in [0.717, 1.165) is 21.0 Å². The number of aromatic hydroxyl groups is 2. The number of hydrogen-bond donors (Lipinski definition) is 4. The largest absolute Gasteiger partial charge is 0.508 e. The van der Waals surface area contributed by atoms with Gasteiger partial charge in [-0.15, -0.1) is 11.3 Å². The van der Waals surface area contributed by atoms with Crippen molar-refractivity contribution in [1.82, 2.24) is 9.97 Å². The smallest absolute Gasteiger partial charge is 0.225 e. The highest BCUT2D eigenvalue weighted by Gasteiger charge is 2.20. The molecule has 9 heteroatoms. The molecule has 0 aliphatic carbocycles. The lowest BCUT2D eigenvalue weighted by Crippen LogP contribution is -1.95. The van der Waals surface area contributed by atoms with Crippen LogP contribution in [0.25, 0.3) is 54.2 Å². The van der Waals surface area contributed by atoms with Gasteiger partial charge in [-0.25, -0.2) is 9.97 Å². The van der Waals surface area contributed by atoms with Crippen molar-refractivity contribution in [2.75, 3.05) is 24.7 Å². The van der Waals surface area contributed by atoms with Gasteiger partial charge in [-0.1, -0.05) is 0 Å². The zero-order valence-electron chi connectivity index (χ0n) is 19.8. The maximum absolute atomic E-state index is 14.7. The topological polar surface area (TPSA) is 103 Å². The number of furan rings is 1. The quantitative estimate of drug-likeness (QED) is 0.183. The van der Waals surface area contributed by atoms with E-state index < -0.39 is 5.95 Å². The standard InChI is InChI=1S/C28H21FN4O3S/c1-30-15-5-3-14(4-6-15)28-33-26-21(10-17(35)12-24(26)37-28)19-9-16(34)11-22-20(19)13-23(36-22)18-7-8-25(31-2)32-27(18)29/h3-13,30,34-35H,1-2H3,(H,31,32). The predicted octanol–water partition coefficient (Wildman–Crippen LogP) is 7.07. The van der Waals surface area contributed by atoms with Crippen molar-refractivity contribution in [3.8, 4) is 44.5 Å². The fraction of sp³-hybridized carbons (Fsp3) is 0.0714. The van der Waals surface area contributed by atoms with Gasteiger partial charge in [-0.05, 0) is 66.2 Å². The lowest BCUT2D eigenvalue weighted by Gasteiger charge is -2.06. The third kappa shape index (κ3) is 3.99. The van der Waals surface area contributed by atoms with Crippen molar-refractivity contribution < 1.29 is 19.0 Å².